The monoisotopic (exact) mass is 394 g/mol. The van der Waals surface area contributed by atoms with Crippen LogP contribution in [0, 0.1) is 0 Å². The van der Waals surface area contributed by atoms with Crippen LogP contribution < -0.4 is 22.1 Å². The van der Waals surface area contributed by atoms with E-state index < -0.39 is 5.91 Å². The topological polar surface area (TPSA) is 124 Å². The predicted molar refractivity (Wildman–Crippen MR) is 115 cm³/mol. The zero-order valence-electron chi connectivity index (χ0n) is 15.3. The summed E-state index contributed by atoms with van der Waals surface area (Å²) >= 11 is 1.24. The number of pyridine rings is 2. The minimum absolute atomic E-state index is 0.241. The summed E-state index contributed by atoms with van der Waals surface area (Å²) in [7, 11) is 0. The van der Waals surface area contributed by atoms with E-state index in [1.165, 1.54) is 11.3 Å². The standard InChI is InChI=1S/C20H22N6OS/c21-14-5-9-26(10-6-14)15-11-13(2-1-12-3-7-24-8-4-12)16-17(22)18(19(23)27)28-20(16)25-15/h1-4,7-8,11,14H,5-6,9-10,21-22H2,(H2,23,27). The zero-order valence-corrected chi connectivity index (χ0v) is 16.2. The summed E-state index contributed by atoms with van der Waals surface area (Å²) in [5.41, 5.74) is 20.1. The first kappa shape index (κ1) is 18.4. The van der Waals surface area contributed by atoms with Crippen LogP contribution in [0.15, 0.2) is 30.6 Å². The average Bonchev–Trinajstić information content (AvgIpc) is 3.04. The molecular weight excluding hydrogens is 372 g/mol. The summed E-state index contributed by atoms with van der Waals surface area (Å²) in [6.45, 7) is 1.72. The minimum Gasteiger partial charge on any atom is -0.397 e. The summed E-state index contributed by atoms with van der Waals surface area (Å²) in [5, 5.41) is 0.765. The van der Waals surface area contributed by atoms with Crippen LogP contribution in [0.5, 0.6) is 0 Å². The molecular formula is C20H22N6OS. The lowest BCUT2D eigenvalue weighted by molar-refractivity contribution is 0.100. The van der Waals surface area contributed by atoms with Crippen LogP contribution in [0.2, 0.25) is 0 Å². The number of piperidine rings is 1. The molecule has 3 aromatic heterocycles. The van der Waals surface area contributed by atoms with E-state index in [0.717, 1.165) is 48.3 Å². The van der Waals surface area contributed by atoms with E-state index in [0.29, 0.717) is 15.4 Å². The van der Waals surface area contributed by atoms with Gasteiger partial charge in [0.1, 0.15) is 15.5 Å². The smallest absolute Gasteiger partial charge is 0.260 e. The molecule has 4 rings (SSSR count). The Morgan fingerprint density at radius 2 is 1.93 bits per heavy atom. The number of hydrogen-bond donors (Lipinski definition) is 3. The number of fused-ring (bicyclic) bond motifs is 1. The summed E-state index contributed by atoms with van der Waals surface area (Å²) in [6, 6.07) is 6.11. The maximum absolute atomic E-state index is 11.8. The molecule has 1 amide bonds. The summed E-state index contributed by atoms with van der Waals surface area (Å²) in [6.07, 6.45) is 9.34. The number of amides is 1. The number of carbonyl (C=O) groups excluding carboxylic acids is 1. The highest BCUT2D eigenvalue weighted by Crippen LogP contribution is 2.37. The summed E-state index contributed by atoms with van der Waals surface area (Å²) in [5.74, 6) is 0.334. The molecule has 0 spiro atoms. The van der Waals surface area contributed by atoms with Gasteiger partial charge in [-0.3, -0.25) is 9.78 Å². The Morgan fingerprint density at radius 1 is 1.21 bits per heavy atom. The largest absolute Gasteiger partial charge is 0.397 e. The van der Waals surface area contributed by atoms with Crippen LogP contribution >= 0.6 is 11.3 Å². The Kier molecular flexibility index (Phi) is 4.97. The number of primary amides is 1. The van der Waals surface area contributed by atoms with Gasteiger partial charge in [0.25, 0.3) is 5.91 Å². The van der Waals surface area contributed by atoms with Gasteiger partial charge in [-0.05, 0) is 42.2 Å². The van der Waals surface area contributed by atoms with Gasteiger partial charge in [-0.2, -0.15) is 0 Å². The van der Waals surface area contributed by atoms with Gasteiger partial charge in [0.15, 0.2) is 0 Å². The van der Waals surface area contributed by atoms with Gasteiger partial charge in [-0.25, -0.2) is 4.98 Å². The van der Waals surface area contributed by atoms with E-state index in [4.69, 9.17) is 22.2 Å². The fourth-order valence-corrected chi connectivity index (χ4v) is 4.38. The molecule has 1 aliphatic heterocycles. The number of anilines is 2. The number of aromatic nitrogens is 2. The Balaban J connectivity index is 1.82. The number of nitrogens with two attached hydrogens (primary N) is 3. The first-order valence-corrected chi connectivity index (χ1v) is 9.96. The van der Waals surface area contributed by atoms with Crippen molar-refractivity contribution in [1.29, 1.82) is 0 Å². The second-order valence-electron chi connectivity index (χ2n) is 6.90. The fourth-order valence-electron chi connectivity index (χ4n) is 3.40. The van der Waals surface area contributed by atoms with Gasteiger partial charge in [0.2, 0.25) is 0 Å². The molecule has 0 bridgehead atoms. The van der Waals surface area contributed by atoms with Crippen molar-refractivity contribution in [1.82, 2.24) is 9.97 Å². The van der Waals surface area contributed by atoms with Gasteiger partial charge < -0.3 is 22.1 Å². The van der Waals surface area contributed by atoms with Crippen molar-refractivity contribution in [3.05, 3.63) is 46.6 Å². The van der Waals surface area contributed by atoms with E-state index in [1.807, 2.05) is 30.4 Å². The summed E-state index contributed by atoms with van der Waals surface area (Å²) in [4.78, 5) is 23.9. The highest BCUT2D eigenvalue weighted by Gasteiger charge is 2.22. The predicted octanol–water partition coefficient (Wildman–Crippen LogP) is 2.47. The maximum Gasteiger partial charge on any atom is 0.260 e. The number of rotatable bonds is 4. The minimum atomic E-state index is -0.532. The molecule has 0 aliphatic carbocycles. The van der Waals surface area contributed by atoms with Crippen molar-refractivity contribution in [2.75, 3.05) is 23.7 Å². The molecule has 144 valence electrons. The molecule has 1 saturated heterocycles. The molecule has 0 aromatic carbocycles. The third kappa shape index (κ3) is 3.56. The number of nitrogens with zero attached hydrogens (tertiary/aromatic N) is 3. The third-order valence-corrected chi connectivity index (χ3v) is 6.08. The molecule has 6 N–H and O–H groups in total. The maximum atomic E-state index is 11.8. The lowest BCUT2D eigenvalue weighted by atomic mass is 10.1. The van der Waals surface area contributed by atoms with Crippen LogP contribution in [0.4, 0.5) is 11.5 Å². The average molecular weight is 395 g/mol. The van der Waals surface area contributed by atoms with Gasteiger partial charge in [0, 0.05) is 36.9 Å². The molecule has 0 unspecified atom stereocenters. The van der Waals surface area contributed by atoms with Crippen LogP contribution in [-0.4, -0.2) is 35.0 Å². The Morgan fingerprint density at radius 3 is 2.61 bits per heavy atom. The highest BCUT2D eigenvalue weighted by molar-refractivity contribution is 7.21. The van der Waals surface area contributed by atoms with Gasteiger partial charge in [0.05, 0.1) is 5.69 Å². The fraction of sp³-hybridized carbons (Fsp3) is 0.250. The third-order valence-electron chi connectivity index (χ3n) is 4.96. The zero-order chi connectivity index (χ0) is 19.7. The van der Waals surface area contributed by atoms with Crippen LogP contribution in [0.1, 0.15) is 33.6 Å². The van der Waals surface area contributed by atoms with E-state index in [1.54, 1.807) is 12.4 Å². The molecule has 7 nitrogen and oxygen atoms in total. The first-order valence-electron chi connectivity index (χ1n) is 9.14. The Bertz CT molecular complexity index is 1040. The van der Waals surface area contributed by atoms with E-state index >= 15 is 0 Å². The quantitative estimate of drug-likeness (QED) is 0.624. The first-order chi connectivity index (χ1) is 13.5. The molecule has 0 atom stereocenters. The second-order valence-corrected chi connectivity index (χ2v) is 7.90. The van der Waals surface area contributed by atoms with E-state index in [-0.39, 0.29) is 6.04 Å². The van der Waals surface area contributed by atoms with Gasteiger partial charge >= 0.3 is 0 Å². The molecule has 0 radical (unpaired) electrons. The van der Waals surface area contributed by atoms with Crippen molar-refractivity contribution >= 4 is 51.1 Å². The molecule has 1 aliphatic rings. The number of carbonyl (C=O) groups is 1. The van der Waals surface area contributed by atoms with Crippen molar-refractivity contribution < 1.29 is 4.79 Å². The highest BCUT2D eigenvalue weighted by atomic mass is 32.1. The van der Waals surface area contributed by atoms with Gasteiger partial charge in [-0.1, -0.05) is 12.2 Å². The van der Waals surface area contributed by atoms with Crippen LogP contribution in [0.3, 0.4) is 0 Å². The van der Waals surface area contributed by atoms with Crippen molar-refractivity contribution in [2.24, 2.45) is 11.5 Å². The SMILES string of the molecule is NC(=O)c1sc2nc(N3CCC(N)CC3)cc(C=Cc3ccncc3)c2c1N. The second kappa shape index (κ2) is 7.57. The lowest BCUT2D eigenvalue weighted by Gasteiger charge is -2.31. The molecule has 3 aromatic rings. The van der Waals surface area contributed by atoms with Crippen molar-refractivity contribution in [3.8, 4) is 0 Å². The Hall–Kier alpha value is -2.97. The van der Waals surface area contributed by atoms with Crippen LogP contribution in [-0.2, 0) is 0 Å². The molecule has 0 saturated carbocycles. The van der Waals surface area contributed by atoms with E-state index in [9.17, 15) is 4.79 Å². The number of nitrogen functional groups attached to an aromatic ring is 1. The van der Waals surface area contributed by atoms with Crippen LogP contribution in [0.25, 0.3) is 22.4 Å². The van der Waals surface area contributed by atoms with Gasteiger partial charge in [-0.15, -0.1) is 11.3 Å². The number of hydrogen-bond acceptors (Lipinski definition) is 7. The lowest BCUT2D eigenvalue weighted by Crippen LogP contribution is -2.40. The Labute approximate surface area is 166 Å². The van der Waals surface area contributed by atoms with Crippen molar-refractivity contribution in [3.63, 3.8) is 0 Å². The number of thiophene rings is 1. The molecule has 28 heavy (non-hydrogen) atoms. The van der Waals surface area contributed by atoms with Crippen molar-refractivity contribution in [2.45, 2.75) is 18.9 Å². The molecule has 8 heteroatoms. The summed E-state index contributed by atoms with van der Waals surface area (Å²) < 4.78 is 0. The molecule has 4 heterocycles. The molecule has 1 fully saturated rings. The van der Waals surface area contributed by atoms with E-state index in [2.05, 4.69) is 9.88 Å². The normalized spacial score (nSPS) is 15.5.